The Morgan fingerprint density at radius 3 is 2.88 bits per heavy atom. The number of carboxylic acids is 1. The molecule has 2 rings (SSSR count). The molecular formula is C9H5BrN2O2S2. The van der Waals surface area contributed by atoms with Gasteiger partial charge in [-0.15, -0.1) is 0 Å². The smallest absolute Gasteiger partial charge is 0.335 e. The van der Waals surface area contributed by atoms with Crippen molar-refractivity contribution in [3.63, 3.8) is 0 Å². The van der Waals surface area contributed by atoms with Gasteiger partial charge in [-0.3, -0.25) is 0 Å². The van der Waals surface area contributed by atoms with Crippen molar-refractivity contribution in [3.8, 4) is 0 Å². The van der Waals surface area contributed by atoms with Crippen LogP contribution < -0.4 is 0 Å². The summed E-state index contributed by atoms with van der Waals surface area (Å²) >= 11 is 6.08. The van der Waals surface area contributed by atoms with Crippen LogP contribution in [0.4, 0.5) is 0 Å². The lowest BCUT2D eigenvalue weighted by Crippen LogP contribution is -1.95. The summed E-state index contributed by atoms with van der Waals surface area (Å²) in [6, 6.07) is 4.89. The molecule has 0 saturated heterocycles. The molecule has 0 aliphatic carbocycles. The molecule has 0 saturated carbocycles. The van der Waals surface area contributed by atoms with E-state index in [2.05, 4.69) is 25.3 Å². The number of aromatic nitrogens is 2. The number of rotatable bonds is 3. The van der Waals surface area contributed by atoms with Gasteiger partial charge >= 0.3 is 5.97 Å². The number of hydrogen-bond acceptors (Lipinski definition) is 5. The lowest BCUT2D eigenvalue weighted by Gasteiger charge is -2.02. The van der Waals surface area contributed by atoms with Crippen LogP contribution in [0.15, 0.2) is 38.2 Å². The minimum atomic E-state index is -0.937. The molecule has 7 heteroatoms. The fourth-order valence-electron chi connectivity index (χ4n) is 1.02. The van der Waals surface area contributed by atoms with Gasteiger partial charge in [0.15, 0.2) is 4.34 Å². The molecule has 4 nitrogen and oxygen atoms in total. The predicted molar refractivity (Wildman–Crippen MR) is 65.1 cm³/mol. The Kier molecular flexibility index (Phi) is 3.57. The fraction of sp³-hybridized carbons (Fsp3) is 0. The molecule has 0 amide bonds. The topological polar surface area (TPSA) is 63.1 Å². The molecule has 0 atom stereocenters. The molecule has 16 heavy (non-hydrogen) atoms. The summed E-state index contributed by atoms with van der Waals surface area (Å²) in [5.74, 6) is -0.937. The molecule has 0 radical (unpaired) electrons. The number of nitrogens with zero attached hydrogens (tertiary/aromatic N) is 2. The van der Waals surface area contributed by atoms with Crippen LogP contribution in [0.2, 0.25) is 0 Å². The lowest BCUT2D eigenvalue weighted by atomic mass is 10.2. The molecule has 0 bridgehead atoms. The third-order valence-electron chi connectivity index (χ3n) is 1.72. The van der Waals surface area contributed by atoms with Crippen LogP contribution in [0.5, 0.6) is 0 Å². The largest absolute Gasteiger partial charge is 0.478 e. The van der Waals surface area contributed by atoms with Crippen LogP contribution in [-0.2, 0) is 0 Å². The number of carbonyl (C=O) groups is 1. The van der Waals surface area contributed by atoms with Gasteiger partial charge in [0.2, 0.25) is 0 Å². The van der Waals surface area contributed by atoms with E-state index in [1.54, 1.807) is 18.2 Å². The van der Waals surface area contributed by atoms with Crippen LogP contribution >= 0.6 is 39.2 Å². The average Bonchev–Trinajstić information content (AvgIpc) is 2.73. The van der Waals surface area contributed by atoms with Gasteiger partial charge in [0.1, 0.15) is 6.33 Å². The highest BCUT2D eigenvalue weighted by Gasteiger charge is 2.09. The summed E-state index contributed by atoms with van der Waals surface area (Å²) < 4.78 is 5.46. The summed E-state index contributed by atoms with van der Waals surface area (Å²) in [5.41, 5.74) is 0.258. The van der Waals surface area contributed by atoms with E-state index >= 15 is 0 Å². The molecule has 0 aliphatic rings. The molecule has 1 heterocycles. The SMILES string of the molecule is O=C(O)c1ccc(Sc2ncns2)c(Br)c1. The van der Waals surface area contributed by atoms with Crippen molar-refractivity contribution in [1.29, 1.82) is 0 Å². The van der Waals surface area contributed by atoms with Crippen LogP contribution in [0, 0.1) is 0 Å². The number of halogens is 1. The van der Waals surface area contributed by atoms with E-state index in [1.165, 1.54) is 29.6 Å². The summed E-state index contributed by atoms with van der Waals surface area (Å²) in [7, 11) is 0. The van der Waals surface area contributed by atoms with Crippen molar-refractivity contribution < 1.29 is 9.90 Å². The Balaban J connectivity index is 2.26. The predicted octanol–water partition coefficient (Wildman–Crippen LogP) is 3.15. The molecule has 0 fully saturated rings. The van der Waals surface area contributed by atoms with Crippen molar-refractivity contribution in [1.82, 2.24) is 9.36 Å². The first-order chi connectivity index (χ1) is 7.66. The molecule has 0 spiro atoms. The Hall–Kier alpha value is -0.920. The highest BCUT2D eigenvalue weighted by molar-refractivity contribution is 9.10. The number of benzene rings is 1. The van der Waals surface area contributed by atoms with Gasteiger partial charge in [-0.25, -0.2) is 9.78 Å². The van der Waals surface area contributed by atoms with Gasteiger partial charge in [0.25, 0.3) is 0 Å². The van der Waals surface area contributed by atoms with Crippen LogP contribution in [0.25, 0.3) is 0 Å². The molecule has 1 N–H and O–H groups in total. The van der Waals surface area contributed by atoms with Crippen LogP contribution in [0.1, 0.15) is 10.4 Å². The Morgan fingerprint density at radius 2 is 2.31 bits per heavy atom. The zero-order valence-electron chi connectivity index (χ0n) is 7.75. The second-order valence-electron chi connectivity index (χ2n) is 2.76. The Morgan fingerprint density at radius 1 is 1.50 bits per heavy atom. The second kappa shape index (κ2) is 4.94. The summed E-state index contributed by atoms with van der Waals surface area (Å²) in [6.45, 7) is 0. The standard InChI is InChI=1S/C9H5BrN2O2S2/c10-6-3-5(8(13)14)1-2-7(6)15-9-11-4-12-16-9/h1-4H,(H,13,14). The lowest BCUT2D eigenvalue weighted by molar-refractivity contribution is 0.0696. The van der Waals surface area contributed by atoms with E-state index in [0.717, 1.165) is 13.7 Å². The van der Waals surface area contributed by atoms with E-state index in [0.29, 0.717) is 0 Å². The first kappa shape index (κ1) is 11.6. The van der Waals surface area contributed by atoms with Crippen molar-refractivity contribution in [2.45, 2.75) is 9.24 Å². The maximum absolute atomic E-state index is 10.7. The highest BCUT2D eigenvalue weighted by Crippen LogP contribution is 2.34. The van der Waals surface area contributed by atoms with Gasteiger partial charge in [0, 0.05) is 9.37 Å². The van der Waals surface area contributed by atoms with Crippen molar-refractivity contribution >= 4 is 45.2 Å². The third kappa shape index (κ3) is 2.60. The maximum Gasteiger partial charge on any atom is 0.335 e. The third-order valence-corrected chi connectivity index (χ3v) is 4.43. The number of aromatic carboxylic acids is 1. The zero-order valence-corrected chi connectivity index (χ0v) is 11.0. The molecular weight excluding hydrogens is 312 g/mol. The van der Waals surface area contributed by atoms with Crippen LogP contribution in [0.3, 0.4) is 0 Å². The molecule has 82 valence electrons. The summed E-state index contributed by atoms with van der Waals surface area (Å²) in [5, 5.41) is 8.81. The van der Waals surface area contributed by atoms with E-state index in [4.69, 9.17) is 5.11 Å². The van der Waals surface area contributed by atoms with Gasteiger partial charge in [0.05, 0.1) is 5.56 Å². The van der Waals surface area contributed by atoms with Gasteiger partial charge < -0.3 is 5.11 Å². The maximum atomic E-state index is 10.7. The second-order valence-corrected chi connectivity index (χ2v) is 5.68. The van der Waals surface area contributed by atoms with Gasteiger partial charge in [-0.1, -0.05) is 11.8 Å². The van der Waals surface area contributed by atoms with Crippen LogP contribution in [-0.4, -0.2) is 20.4 Å². The quantitative estimate of drug-likeness (QED) is 0.942. The fourth-order valence-corrected chi connectivity index (χ4v) is 3.05. The van der Waals surface area contributed by atoms with Crippen molar-refractivity contribution in [3.05, 3.63) is 34.6 Å². The Bertz CT molecular complexity index is 516. The Labute approximate surface area is 108 Å². The van der Waals surface area contributed by atoms with E-state index in [9.17, 15) is 4.79 Å². The molecule has 1 aromatic carbocycles. The van der Waals surface area contributed by atoms with Gasteiger partial charge in [-0.2, -0.15) is 4.37 Å². The monoisotopic (exact) mass is 316 g/mol. The number of carboxylic acid groups (broad SMARTS) is 1. The summed E-state index contributed by atoms with van der Waals surface area (Å²) in [6.07, 6.45) is 1.49. The molecule has 0 unspecified atom stereocenters. The first-order valence-corrected chi connectivity index (χ1v) is 6.52. The molecule has 2 aromatic rings. The summed E-state index contributed by atoms with van der Waals surface area (Å²) in [4.78, 5) is 15.7. The normalized spacial score (nSPS) is 10.3. The van der Waals surface area contributed by atoms with E-state index in [1.807, 2.05) is 0 Å². The minimum Gasteiger partial charge on any atom is -0.478 e. The highest BCUT2D eigenvalue weighted by atomic mass is 79.9. The number of hydrogen-bond donors (Lipinski definition) is 1. The zero-order chi connectivity index (χ0) is 11.5. The molecule has 1 aromatic heterocycles. The van der Waals surface area contributed by atoms with E-state index in [-0.39, 0.29) is 5.56 Å². The van der Waals surface area contributed by atoms with Crippen molar-refractivity contribution in [2.24, 2.45) is 0 Å². The van der Waals surface area contributed by atoms with Crippen molar-refractivity contribution in [2.75, 3.05) is 0 Å². The minimum absolute atomic E-state index is 0.258. The van der Waals surface area contributed by atoms with Gasteiger partial charge in [-0.05, 0) is 45.7 Å². The van der Waals surface area contributed by atoms with E-state index < -0.39 is 5.97 Å². The molecule has 0 aliphatic heterocycles. The average molecular weight is 317 g/mol. The first-order valence-electron chi connectivity index (χ1n) is 4.14.